The summed E-state index contributed by atoms with van der Waals surface area (Å²) in [6.07, 6.45) is 8.19. The van der Waals surface area contributed by atoms with Crippen LogP contribution in [0.1, 0.15) is 118 Å². The van der Waals surface area contributed by atoms with Crippen molar-refractivity contribution in [1.82, 2.24) is 37.4 Å². The first-order chi connectivity index (χ1) is 38.0. The summed E-state index contributed by atoms with van der Waals surface area (Å²) in [7, 11) is 0. The Kier molecular flexibility index (Phi) is 27.6. The molecule has 3 aliphatic heterocycles. The molecule has 11 atom stereocenters. The van der Waals surface area contributed by atoms with Crippen molar-refractivity contribution in [3.05, 3.63) is 65.8 Å². The van der Waals surface area contributed by atoms with Gasteiger partial charge in [0.1, 0.15) is 42.6 Å². The zero-order chi connectivity index (χ0) is 58.9. The number of urea groups is 1. The van der Waals surface area contributed by atoms with Gasteiger partial charge in [0.05, 0.1) is 42.7 Å². The molecule has 3 aliphatic rings. The number of rotatable bonds is 29. The van der Waals surface area contributed by atoms with Gasteiger partial charge in [-0.25, -0.2) is 15.0 Å². The Morgan fingerprint density at radius 3 is 2.25 bits per heavy atom. The van der Waals surface area contributed by atoms with Gasteiger partial charge in [-0.3, -0.25) is 39.0 Å². The average Bonchev–Trinajstić information content (AvgIpc) is 4.39. The molecule has 3 fully saturated rings. The van der Waals surface area contributed by atoms with Gasteiger partial charge in [-0.05, 0) is 94.9 Å². The standard InChI is InChI=1S/C55H82BrN9O15/c1-32(2)49(63-45(67)13-9-8-10-24-58-48(70)29-56)52(73)62-41(12-11-25-59-53(57)74)51(72)60-39-19-17-38(18-20-39)30-76-54(75)65-64-47(69)27-40-28-55(31-77-55)50(71)44(80-40)22-15-33(3)14-21-43-34(4)26-42(36(6)79-43)61-46(68)23-16-35(5)78-37(7)66/h14-20,22-23,32,34-36,40-44,49-50,71H,8-13,21,24-31H2,1-7H3,(H,58,70)(H,60,72)(H,61,68)(H,62,73)(H,63,67)(H,64,69)(H,65,75)(H3,57,59,74)/b22-15+,23-16-,33-14+/t34-,35?,36+,40+,41?,42+,43-,44+,49?,50+,55+/m0/s1. The number of hydrogen-bond acceptors (Lipinski definition) is 15. The summed E-state index contributed by atoms with van der Waals surface area (Å²) in [4.78, 5) is 112. The summed E-state index contributed by atoms with van der Waals surface area (Å²) in [5.41, 5.74) is 10.7. The fourth-order valence-corrected chi connectivity index (χ4v) is 9.25. The number of allylic oxidation sites excluding steroid dienone is 2. The number of nitrogens with one attached hydrogen (secondary N) is 8. The highest BCUT2D eigenvalue weighted by Gasteiger charge is 2.58. The van der Waals surface area contributed by atoms with E-state index in [-0.39, 0.29) is 98.4 Å². The molecule has 0 aliphatic carbocycles. The van der Waals surface area contributed by atoms with E-state index < -0.39 is 77.9 Å². The van der Waals surface area contributed by atoms with E-state index in [9.17, 15) is 48.3 Å². The molecule has 0 saturated carbocycles. The van der Waals surface area contributed by atoms with Crippen LogP contribution in [0.2, 0.25) is 0 Å². The Morgan fingerprint density at radius 1 is 0.875 bits per heavy atom. The van der Waals surface area contributed by atoms with Gasteiger partial charge in [0.15, 0.2) is 0 Å². The van der Waals surface area contributed by atoms with Crippen LogP contribution in [0.15, 0.2) is 60.2 Å². The van der Waals surface area contributed by atoms with Crippen molar-refractivity contribution in [3.8, 4) is 0 Å². The summed E-state index contributed by atoms with van der Waals surface area (Å²) in [5.74, 6) is -3.06. The van der Waals surface area contributed by atoms with E-state index in [1.165, 1.54) is 19.1 Å². The van der Waals surface area contributed by atoms with Crippen molar-refractivity contribution < 1.29 is 71.9 Å². The molecule has 24 nitrogen and oxygen atoms in total. The van der Waals surface area contributed by atoms with Gasteiger partial charge in [0, 0.05) is 44.6 Å². The number of esters is 1. The number of nitrogens with two attached hydrogens (primary N) is 1. The summed E-state index contributed by atoms with van der Waals surface area (Å²) < 4.78 is 28.5. The molecule has 3 heterocycles. The normalized spacial score (nSPS) is 23.7. The van der Waals surface area contributed by atoms with E-state index in [0.717, 1.165) is 5.57 Å². The van der Waals surface area contributed by atoms with Gasteiger partial charge in [-0.1, -0.05) is 79.1 Å². The molecule has 0 radical (unpaired) electrons. The van der Waals surface area contributed by atoms with E-state index in [1.54, 1.807) is 51.1 Å². The third-order valence-electron chi connectivity index (χ3n) is 13.6. The van der Waals surface area contributed by atoms with E-state index >= 15 is 0 Å². The van der Waals surface area contributed by atoms with Gasteiger partial charge < -0.3 is 66.4 Å². The average molecular weight is 1190 g/mol. The Labute approximate surface area is 476 Å². The summed E-state index contributed by atoms with van der Waals surface area (Å²) in [6, 6.07) is 3.41. The van der Waals surface area contributed by atoms with Gasteiger partial charge in [0.2, 0.25) is 35.4 Å². The summed E-state index contributed by atoms with van der Waals surface area (Å²) in [6.45, 7) is 13.2. The number of unbranched alkanes of at least 4 members (excludes halogenated alkanes) is 2. The second kappa shape index (κ2) is 33.4. The fourth-order valence-electron chi connectivity index (χ4n) is 9.05. The molecule has 11 N–H and O–H groups in total. The molecule has 444 valence electrons. The van der Waals surface area contributed by atoms with E-state index in [1.807, 2.05) is 26.0 Å². The molecule has 0 aromatic heterocycles. The molecule has 3 saturated heterocycles. The third-order valence-corrected chi connectivity index (χ3v) is 14.1. The van der Waals surface area contributed by atoms with Crippen LogP contribution in [0.5, 0.6) is 0 Å². The molecule has 25 heteroatoms. The minimum absolute atomic E-state index is 0.0987. The van der Waals surface area contributed by atoms with Gasteiger partial charge in [0.25, 0.3) is 0 Å². The molecule has 1 spiro atoms. The minimum Gasteiger partial charge on any atom is -0.459 e. The van der Waals surface area contributed by atoms with Gasteiger partial charge in [-0.15, -0.1) is 0 Å². The Hall–Kier alpha value is -6.41. The smallest absolute Gasteiger partial charge is 0.426 e. The van der Waals surface area contributed by atoms with Crippen LogP contribution in [0.4, 0.5) is 15.3 Å². The number of anilines is 1. The highest BCUT2D eigenvalue weighted by Crippen LogP contribution is 2.43. The number of carbonyl (C=O) groups is 9. The van der Waals surface area contributed by atoms with E-state index in [2.05, 4.69) is 65.6 Å². The number of hydrogen-bond donors (Lipinski definition) is 10. The molecule has 80 heavy (non-hydrogen) atoms. The number of alkyl halides is 1. The first-order valence-corrected chi connectivity index (χ1v) is 28.3. The number of ether oxygens (including phenoxy) is 5. The third kappa shape index (κ3) is 23.7. The van der Waals surface area contributed by atoms with E-state index in [4.69, 9.17) is 29.4 Å². The van der Waals surface area contributed by atoms with Crippen molar-refractivity contribution in [3.63, 3.8) is 0 Å². The number of halogens is 1. The molecular weight excluding hydrogens is 1110 g/mol. The molecule has 1 aromatic carbocycles. The van der Waals surface area contributed by atoms with Gasteiger partial charge >= 0.3 is 18.1 Å². The van der Waals surface area contributed by atoms with Crippen LogP contribution in [0.25, 0.3) is 0 Å². The predicted molar refractivity (Wildman–Crippen MR) is 298 cm³/mol. The Morgan fingerprint density at radius 2 is 1.59 bits per heavy atom. The van der Waals surface area contributed by atoms with Crippen LogP contribution in [0, 0.1) is 11.8 Å². The highest BCUT2D eigenvalue weighted by atomic mass is 79.9. The minimum atomic E-state index is -1.06. The fraction of sp³-hybridized carbons (Fsp3) is 0.618. The lowest BCUT2D eigenvalue weighted by molar-refractivity contribution is -0.146. The Bertz CT molecular complexity index is 2370. The van der Waals surface area contributed by atoms with Crippen molar-refractivity contribution in [2.75, 3.05) is 30.3 Å². The topological polar surface area (TPSA) is 346 Å². The zero-order valence-electron chi connectivity index (χ0n) is 46.8. The molecule has 4 rings (SSSR count). The maximum atomic E-state index is 13.6. The van der Waals surface area contributed by atoms with Gasteiger partial charge in [-0.2, -0.15) is 0 Å². The van der Waals surface area contributed by atoms with Crippen LogP contribution in [-0.2, 0) is 63.9 Å². The second-order valence-corrected chi connectivity index (χ2v) is 21.4. The van der Waals surface area contributed by atoms with Crippen LogP contribution < -0.4 is 48.5 Å². The highest BCUT2D eigenvalue weighted by molar-refractivity contribution is 9.09. The van der Waals surface area contributed by atoms with Crippen molar-refractivity contribution in [2.45, 2.75) is 180 Å². The second-order valence-electron chi connectivity index (χ2n) is 20.9. The van der Waals surface area contributed by atoms with Crippen LogP contribution >= 0.6 is 15.9 Å². The maximum absolute atomic E-state index is 13.6. The first kappa shape index (κ1) is 66.1. The van der Waals surface area contributed by atoms with Crippen LogP contribution in [-0.4, -0.2) is 144 Å². The monoisotopic (exact) mass is 1190 g/mol. The zero-order valence-corrected chi connectivity index (χ0v) is 48.4. The summed E-state index contributed by atoms with van der Waals surface area (Å²) in [5, 5.41) is 27.8. The number of epoxide rings is 1. The predicted octanol–water partition coefficient (Wildman–Crippen LogP) is 3.40. The number of primary amides is 1. The molecule has 0 bridgehead atoms. The Balaban J connectivity index is 1.21. The van der Waals surface area contributed by atoms with Crippen molar-refractivity contribution in [2.24, 2.45) is 17.6 Å². The lowest BCUT2D eigenvalue weighted by atomic mass is 9.87. The SMILES string of the molecule is CC(=O)OC(C)/C=C\C(=O)N[C@@H]1C[C@H](C)[C@H](C/C=C(C)/C=C/[C@H]2O[C@H](CC(=O)NNC(=O)OCc3ccc(NC(=O)C(CCCNC(N)=O)NC(=O)C(NC(=O)CCCCCNC(=O)CBr)C(C)C)cc3)C[C@@]3(CO3)[C@@H]2O)O[C@@H]1C. The molecule has 9 amide bonds. The largest absolute Gasteiger partial charge is 0.459 e. The maximum Gasteiger partial charge on any atom is 0.426 e. The van der Waals surface area contributed by atoms with E-state index in [0.29, 0.717) is 56.5 Å². The lowest BCUT2D eigenvalue weighted by Crippen LogP contribution is -2.54. The quantitative estimate of drug-likeness (QED) is 0.0105. The number of amides is 9. The molecular formula is C55H82BrN9O15. The number of aliphatic hydroxyl groups excluding tert-OH is 1. The first-order valence-electron chi connectivity index (χ1n) is 27.2. The van der Waals surface area contributed by atoms with Crippen LogP contribution in [0.3, 0.4) is 0 Å². The molecule has 1 aromatic rings. The number of carbonyl (C=O) groups excluding carboxylic acids is 9. The number of hydrazine groups is 1. The van der Waals surface area contributed by atoms with Crippen molar-refractivity contribution in [1.29, 1.82) is 0 Å². The number of benzene rings is 1. The molecule has 3 unspecified atom stereocenters. The number of aliphatic hydroxyl groups is 1. The van der Waals surface area contributed by atoms with Crippen molar-refractivity contribution >= 4 is 75.2 Å². The lowest BCUT2D eigenvalue weighted by Gasteiger charge is -2.39. The summed E-state index contributed by atoms with van der Waals surface area (Å²) >= 11 is 3.09.